The summed E-state index contributed by atoms with van der Waals surface area (Å²) in [7, 11) is 0. The predicted octanol–water partition coefficient (Wildman–Crippen LogP) is 4.89. The molecule has 106 valence electrons. The van der Waals surface area contributed by atoms with Crippen molar-refractivity contribution in [3.8, 4) is 11.6 Å². The van der Waals surface area contributed by atoms with Gasteiger partial charge in [0.25, 0.3) is 0 Å². The number of benzene rings is 1. The fraction of sp³-hybridized carbons (Fsp3) is 0.375. The number of nitrogens with zero attached hydrogens (tertiary/aromatic N) is 2. The minimum Gasteiger partial charge on any atom is -0.439 e. The molecule has 0 saturated heterocycles. The highest BCUT2D eigenvalue weighted by Gasteiger charge is 2.19. The van der Waals surface area contributed by atoms with Gasteiger partial charge in [0.1, 0.15) is 16.2 Å². The van der Waals surface area contributed by atoms with E-state index in [0.717, 1.165) is 28.2 Å². The van der Waals surface area contributed by atoms with Crippen molar-refractivity contribution < 1.29 is 4.74 Å². The summed E-state index contributed by atoms with van der Waals surface area (Å²) >= 11 is 3.39. The molecule has 0 aliphatic rings. The van der Waals surface area contributed by atoms with Crippen LogP contribution in [0.3, 0.4) is 0 Å². The number of hydrogen-bond acceptors (Lipinski definition) is 3. The van der Waals surface area contributed by atoms with Crippen molar-refractivity contribution in [2.24, 2.45) is 0 Å². The van der Waals surface area contributed by atoms with Crippen LogP contribution < -0.4 is 4.74 Å². The van der Waals surface area contributed by atoms with Crippen LogP contribution in [0.1, 0.15) is 39.1 Å². The van der Waals surface area contributed by atoms with E-state index in [9.17, 15) is 0 Å². The second kappa shape index (κ2) is 5.92. The Kier molecular flexibility index (Phi) is 4.43. The summed E-state index contributed by atoms with van der Waals surface area (Å²) in [5.41, 5.74) is 1.18. The predicted molar refractivity (Wildman–Crippen MR) is 84.3 cm³/mol. The number of ether oxygens (including phenoxy) is 1. The van der Waals surface area contributed by atoms with Gasteiger partial charge in [-0.1, -0.05) is 45.9 Å². The first-order valence-electron chi connectivity index (χ1n) is 6.71. The molecule has 2 rings (SSSR count). The lowest BCUT2D eigenvalue weighted by Crippen LogP contribution is -2.12. The highest BCUT2D eigenvalue weighted by molar-refractivity contribution is 9.10. The Labute approximate surface area is 128 Å². The molecule has 2 aromatic rings. The quantitative estimate of drug-likeness (QED) is 0.749. The maximum absolute atomic E-state index is 5.98. The SMILES string of the molecule is CCc1nc(Br)cc(Oc2ccccc2C(C)(C)C)n1. The second-order valence-corrected chi connectivity index (χ2v) is 6.46. The summed E-state index contributed by atoms with van der Waals surface area (Å²) in [6.45, 7) is 8.53. The first-order chi connectivity index (χ1) is 9.40. The Bertz CT molecular complexity index is 606. The minimum absolute atomic E-state index is 0.0223. The number of halogens is 1. The molecule has 0 bridgehead atoms. The molecule has 20 heavy (non-hydrogen) atoms. The van der Waals surface area contributed by atoms with Crippen molar-refractivity contribution in [2.75, 3.05) is 0 Å². The summed E-state index contributed by atoms with van der Waals surface area (Å²) in [6.07, 6.45) is 0.775. The molecule has 0 unspecified atom stereocenters. The molecule has 0 radical (unpaired) electrons. The van der Waals surface area contributed by atoms with Gasteiger partial charge in [-0.05, 0) is 27.4 Å². The average Bonchev–Trinajstić information content (AvgIpc) is 2.37. The summed E-state index contributed by atoms with van der Waals surface area (Å²) in [6, 6.07) is 9.86. The van der Waals surface area contributed by atoms with Gasteiger partial charge in [0.05, 0.1) is 0 Å². The summed E-state index contributed by atoms with van der Waals surface area (Å²) in [5.74, 6) is 2.18. The molecule has 0 amide bonds. The van der Waals surface area contributed by atoms with Gasteiger partial charge >= 0.3 is 0 Å². The Morgan fingerprint density at radius 2 is 1.85 bits per heavy atom. The van der Waals surface area contributed by atoms with E-state index < -0.39 is 0 Å². The van der Waals surface area contributed by atoms with Gasteiger partial charge in [-0.3, -0.25) is 0 Å². The Morgan fingerprint density at radius 3 is 2.50 bits per heavy atom. The number of rotatable bonds is 3. The lowest BCUT2D eigenvalue weighted by atomic mass is 9.86. The molecule has 0 saturated carbocycles. The molecule has 0 atom stereocenters. The maximum atomic E-state index is 5.98. The molecule has 0 aliphatic carbocycles. The maximum Gasteiger partial charge on any atom is 0.223 e. The van der Waals surface area contributed by atoms with E-state index in [1.807, 2.05) is 25.1 Å². The van der Waals surface area contributed by atoms with Crippen LogP contribution >= 0.6 is 15.9 Å². The standard InChI is InChI=1S/C16H19BrN2O/c1-5-14-18-13(17)10-15(19-14)20-12-9-7-6-8-11(12)16(2,3)4/h6-10H,5H2,1-4H3. The summed E-state index contributed by atoms with van der Waals surface area (Å²) < 4.78 is 6.72. The molecule has 4 heteroatoms. The molecule has 3 nitrogen and oxygen atoms in total. The van der Waals surface area contributed by atoms with Crippen molar-refractivity contribution in [3.63, 3.8) is 0 Å². The molecular weight excluding hydrogens is 316 g/mol. The third-order valence-electron chi connectivity index (χ3n) is 2.94. The zero-order chi connectivity index (χ0) is 14.8. The van der Waals surface area contributed by atoms with Crippen molar-refractivity contribution in [2.45, 2.75) is 39.5 Å². The van der Waals surface area contributed by atoms with E-state index in [0.29, 0.717) is 5.88 Å². The number of aryl methyl sites for hydroxylation is 1. The van der Waals surface area contributed by atoms with Gasteiger partial charge in [-0.2, -0.15) is 4.98 Å². The van der Waals surface area contributed by atoms with Crippen LogP contribution in [0.4, 0.5) is 0 Å². The van der Waals surface area contributed by atoms with E-state index >= 15 is 0 Å². The first kappa shape index (κ1) is 15.0. The summed E-state index contributed by atoms with van der Waals surface area (Å²) in [4.78, 5) is 8.70. The molecule has 1 aromatic carbocycles. The fourth-order valence-electron chi connectivity index (χ4n) is 1.94. The number of hydrogen-bond donors (Lipinski definition) is 0. The van der Waals surface area contributed by atoms with Crippen LogP contribution in [0.2, 0.25) is 0 Å². The molecular formula is C16H19BrN2O. The van der Waals surface area contributed by atoms with Gasteiger partial charge < -0.3 is 4.74 Å². The minimum atomic E-state index is 0.0223. The van der Waals surface area contributed by atoms with E-state index in [2.05, 4.69) is 52.7 Å². The van der Waals surface area contributed by atoms with Crippen LogP contribution in [0.15, 0.2) is 34.9 Å². The Balaban J connectivity index is 2.38. The lowest BCUT2D eigenvalue weighted by Gasteiger charge is -2.22. The van der Waals surface area contributed by atoms with Crippen LogP contribution in [0, 0.1) is 0 Å². The number of para-hydroxylation sites is 1. The molecule has 1 heterocycles. The highest BCUT2D eigenvalue weighted by atomic mass is 79.9. The zero-order valence-corrected chi connectivity index (χ0v) is 13.9. The third-order valence-corrected chi connectivity index (χ3v) is 3.35. The normalized spacial score (nSPS) is 11.4. The number of aromatic nitrogens is 2. The van der Waals surface area contributed by atoms with Crippen molar-refractivity contribution in [1.29, 1.82) is 0 Å². The van der Waals surface area contributed by atoms with Crippen LogP contribution in [-0.2, 0) is 11.8 Å². The van der Waals surface area contributed by atoms with Gasteiger partial charge in [-0.25, -0.2) is 4.98 Å². The van der Waals surface area contributed by atoms with E-state index in [1.54, 1.807) is 6.07 Å². The Hall–Kier alpha value is -1.42. The molecule has 0 spiro atoms. The average molecular weight is 335 g/mol. The summed E-state index contributed by atoms with van der Waals surface area (Å²) in [5, 5.41) is 0. The first-order valence-corrected chi connectivity index (χ1v) is 7.50. The smallest absolute Gasteiger partial charge is 0.223 e. The van der Waals surface area contributed by atoms with Crippen LogP contribution in [0.5, 0.6) is 11.6 Å². The molecule has 0 N–H and O–H groups in total. The van der Waals surface area contributed by atoms with Gasteiger partial charge in [0.15, 0.2) is 0 Å². The van der Waals surface area contributed by atoms with Crippen LogP contribution in [0.25, 0.3) is 0 Å². The highest BCUT2D eigenvalue weighted by Crippen LogP contribution is 2.33. The molecule has 1 aromatic heterocycles. The van der Waals surface area contributed by atoms with Crippen molar-refractivity contribution >= 4 is 15.9 Å². The topological polar surface area (TPSA) is 35.0 Å². The molecule has 0 fully saturated rings. The van der Waals surface area contributed by atoms with Crippen molar-refractivity contribution in [3.05, 3.63) is 46.3 Å². The van der Waals surface area contributed by atoms with E-state index in [4.69, 9.17) is 4.74 Å². The third kappa shape index (κ3) is 3.57. The van der Waals surface area contributed by atoms with Crippen LogP contribution in [-0.4, -0.2) is 9.97 Å². The molecule has 0 aliphatic heterocycles. The van der Waals surface area contributed by atoms with Gasteiger partial charge in [-0.15, -0.1) is 0 Å². The second-order valence-electron chi connectivity index (χ2n) is 5.65. The lowest BCUT2D eigenvalue weighted by molar-refractivity contribution is 0.436. The van der Waals surface area contributed by atoms with E-state index in [1.165, 1.54) is 0 Å². The van der Waals surface area contributed by atoms with Gasteiger partial charge in [0, 0.05) is 18.1 Å². The largest absolute Gasteiger partial charge is 0.439 e. The Morgan fingerprint density at radius 1 is 1.15 bits per heavy atom. The van der Waals surface area contributed by atoms with Crippen molar-refractivity contribution in [1.82, 2.24) is 9.97 Å². The monoisotopic (exact) mass is 334 g/mol. The van der Waals surface area contributed by atoms with E-state index in [-0.39, 0.29) is 5.41 Å². The fourth-order valence-corrected chi connectivity index (χ4v) is 2.34. The van der Waals surface area contributed by atoms with Gasteiger partial charge in [0.2, 0.25) is 5.88 Å². The zero-order valence-electron chi connectivity index (χ0n) is 12.3.